The zero-order valence-electron chi connectivity index (χ0n) is 13.4. The fraction of sp³-hybridized carbons (Fsp3) is 0.588. The van der Waals surface area contributed by atoms with Gasteiger partial charge in [0.15, 0.2) is 0 Å². The van der Waals surface area contributed by atoms with Crippen LogP contribution in [0.1, 0.15) is 38.2 Å². The van der Waals surface area contributed by atoms with Crippen molar-refractivity contribution in [1.29, 1.82) is 0 Å². The van der Waals surface area contributed by atoms with Crippen LogP contribution in [0.5, 0.6) is 0 Å². The van der Waals surface area contributed by atoms with Crippen LogP contribution in [0.3, 0.4) is 0 Å². The Morgan fingerprint density at radius 1 is 1.30 bits per heavy atom. The molecule has 128 valence electrons. The van der Waals surface area contributed by atoms with Gasteiger partial charge in [0.2, 0.25) is 5.91 Å². The highest BCUT2D eigenvalue weighted by molar-refractivity contribution is 5.85. The molecule has 1 heterocycles. The number of benzene rings is 1. The molecule has 2 N–H and O–H groups in total. The summed E-state index contributed by atoms with van der Waals surface area (Å²) in [5.74, 6) is -1.72. The monoisotopic (exact) mass is 344 g/mol. The van der Waals surface area contributed by atoms with E-state index in [4.69, 9.17) is 5.73 Å². The molecule has 1 aromatic carbocycles. The molecule has 3 nitrogen and oxygen atoms in total. The maximum absolute atomic E-state index is 13.8. The molecule has 2 fully saturated rings. The molecule has 3 rings (SSSR count). The second-order valence-corrected chi connectivity index (χ2v) is 7.23. The molecule has 2 aliphatic rings. The van der Waals surface area contributed by atoms with E-state index in [2.05, 4.69) is 13.8 Å². The number of halogens is 3. The molecule has 3 unspecified atom stereocenters. The number of amides is 1. The van der Waals surface area contributed by atoms with E-state index in [-0.39, 0.29) is 47.2 Å². The number of piperidine rings is 1. The second-order valence-electron chi connectivity index (χ2n) is 7.23. The summed E-state index contributed by atoms with van der Waals surface area (Å²) in [4.78, 5) is 14.4. The number of carbonyl (C=O) groups excluding carboxylic acids is 1. The molecule has 1 aliphatic heterocycles. The summed E-state index contributed by atoms with van der Waals surface area (Å²) in [5, 5.41) is 0. The highest BCUT2D eigenvalue weighted by atomic mass is 35.5. The lowest BCUT2D eigenvalue weighted by Crippen LogP contribution is -2.54. The first-order valence-corrected chi connectivity index (χ1v) is 7.79. The Bertz CT molecular complexity index is 588. The van der Waals surface area contributed by atoms with Gasteiger partial charge in [-0.25, -0.2) is 8.78 Å². The third-order valence-electron chi connectivity index (χ3n) is 5.10. The Kier molecular flexibility index (Phi) is 5.02. The van der Waals surface area contributed by atoms with Crippen LogP contribution in [0, 0.1) is 23.0 Å². The van der Waals surface area contributed by atoms with Gasteiger partial charge >= 0.3 is 0 Å². The second kappa shape index (κ2) is 6.36. The van der Waals surface area contributed by atoms with Crippen molar-refractivity contribution < 1.29 is 13.6 Å². The largest absolute Gasteiger partial charge is 0.342 e. The summed E-state index contributed by atoms with van der Waals surface area (Å²) in [6.45, 7) is 5.35. The first-order chi connectivity index (χ1) is 10.3. The molecule has 1 saturated heterocycles. The van der Waals surface area contributed by atoms with Gasteiger partial charge < -0.3 is 10.6 Å². The van der Waals surface area contributed by atoms with Crippen molar-refractivity contribution in [1.82, 2.24) is 4.90 Å². The molecule has 1 aromatic rings. The standard InChI is InChI=1S/C17H22F2N2O.ClH/c1-17(2)9-21(7-6-14(17)20)16(22)11-8-10(11)15-12(18)4-3-5-13(15)19;/h3-5,10-11,14H,6-9,20H2,1-2H3;1H. The van der Waals surface area contributed by atoms with Gasteiger partial charge in [-0.2, -0.15) is 0 Å². The Morgan fingerprint density at radius 2 is 1.91 bits per heavy atom. The Hall–Kier alpha value is -1.20. The minimum absolute atomic E-state index is 0. The van der Waals surface area contributed by atoms with Crippen LogP contribution >= 0.6 is 12.4 Å². The van der Waals surface area contributed by atoms with Gasteiger partial charge in [0.25, 0.3) is 0 Å². The Morgan fingerprint density at radius 3 is 2.48 bits per heavy atom. The highest BCUT2D eigenvalue weighted by Crippen LogP contribution is 2.50. The number of rotatable bonds is 2. The molecule has 1 aliphatic carbocycles. The van der Waals surface area contributed by atoms with E-state index in [1.807, 2.05) is 4.90 Å². The van der Waals surface area contributed by atoms with Gasteiger partial charge in [-0.15, -0.1) is 12.4 Å². The van der Waals surface area contributed by atoms with E-state index in [1.54, 1.807) is 0 Å². The zero-order valence-corrected chi connectivity index (χ0v) is 14.2. The first-order valence-electron chi connectivity index (χ1n) is 7.79. The van der Waals surface area contributed by atoms with Crippen molar-refractivity contribution in [2.75, 3.05) is 13.1 Å². The van der Waals surface area contributed by atoms with Crippen molar-refractivity contribution in [2.45, 2.75) is 38.6 Å². The predicted octanol–water partition coefficient (Wildman–Crippen LogP) is 3.08. The van der Waals surface area contributed by atoms with Gasteiger partial charge in [0.1, 0.15) is 11.6 Å². The Balaban J connectivity index is 0.00000192. The molecule has 6 heteroatoms. The molecule has 0 spiro atoms. The summed E-state index contributed by atoms with van der Waals surface area (Å²) in [5.41, 5.74) is 6.03. The molecule has 1 saturated carbocycles. The van der Waals surface area contributed by atoms with E-state index in [0.29, 0.717) is 19.5 Å². The van der Waals surface area contributed by atoms with E-state index >= 15 is 0 Å². The minimum atomic E-state index is -0.554. The Labute approximate surface area is 141 Å². The zero-order chi connectivity index (χ0) is 16.1. The van der Waals surface area contributed by atoms with E-state index in [9.17, 15) is 13.6 Å². The topological polar surface area (TPSA) is 46.3 Å². The first kappa shape index (κ1) is 18.1. The lowest BCUT2D eigenvalue weighted by atomic mass is 9.79. The predicted molar refractivity (Wildman–Crippen MR) is 87.4 cm³/mol. The van der Waals surface area contributed by atoms with Crippen molar-refractivity contribution in [3.63, 3.8) is 0 Å². The fourth-order valence-corrected chi connectivity index (χ4v) is 3.45. The normalized spacial score (nSPS) is 28.9. The van der Waals surface area contributed by atoms with Crippen molar-refractivity contribution in [3.05, 3.63) is 35.4 Å². The lowest BCUT2D eigenvalue weighted by Gasteiger charge is -2.42. The maximum Gasteiger partial charge on any atom is 0.226 e. The van der Waals surface area contributed by atoms with Gasteiger partial charge in [-0.05, 0) is 30.4 Å². The third-order valence-corrected chi connectivity index (χ3v) is 5.10. The van der Waals surface area contributed by atoms with Crippen LogP contribution in [-0.4, -0.2) is 29.9 Å². The summed E-state index contributed by atoms with van der Waals surface area (Å²) >= 11 is 0. The molecule has 0 radical (unpaired) electrons. The van der Waals surface area contributed by atoms with Crippen LogP contribution in [0.25, 0.3) is 0 Å². The maximum atomic E-state index is 13.8. The minimum Gasteiger partial charge on any atom is -0.342 e. The van der Waals surface area contributed by atoms with Crippen LogP contribution < -0.4 is 5.73 Å². The molecule has 1 amide bonds. The average molecular weight is 345 g/mol. The van der Waals surface area contributed by atoms with Gasteiger partial charge in [0.05, 0.1) is 0 Å². The number of likely N-dealkylation sites (tertiary alicyclic amines) is 1. The lowest BCUT2D eigenvalue weighted by molar-refractivity contribution is -0.136. The fourth-order valence-electron chi connectivity index (χ4n) is 3.45. The quantitative estimate of drug-likeness (QED) is 0.896. The van der Waals surface area contributed by atoms with E-state index < -0.39 is 11.6 Å². The van der Waals surface area contributed by atoms with Crippen LogP contribution in [0.15, 0.2) is 18.2 Å². The summed E-state index contributed by atoms with van der Waals surface area (Å²) < 4.78 is 27.6. The van der Waals surface area contributed by atoms with Crippen LogP contribution in [-0.2, 0) is 4.79 Å². The van der Waals surface area contributed by atoms with E-state index in [1.165, 1.54) is 18.2 Å². The number of carbonyl (C=O) groups is 1. The van der Waals surface area contributed by atoms with Crippen LogP contribution in [0.4, 0.5) is 8.78 Å². The molecule has 0 aromatic heterocycles. The van der Waals surface area contributed by atoms with Crippen molar-refractivity contribution in [3.8, 4) is 0 Å². The van der Waals surface area contributed by atoms with Gasteiger partial charge in [-0.1, -0.05) is 19.9 Å². The number of nitrogens with zero attached hydrogens (tertiary/aromatic N) is 1. The van der Waals surface area contributed by atoms with Crippen molar-refractivity contribution >= 4 is 18.3 Å². The average Bonchev–Trinajstić information content (AvgIpc) is 3.21. The molecule has 23 heavy (non-hydrogen) atoms. The summed E-state index contributed by atoms with van der Waals surface area (Å²) in [6.07, 6.45) is 1.30. The summed E-state index contributed by atoms with van der Waals surface area (Å²) in [7, 11) is 0. The molecule has 0 bridgehead atoms. The van der Waals surface area contributed by atoms with Crippen molar-refractivity contribution in [2.24, 2.45) is 17.1 Å². The number of nitrogens with two attached hydrogens (primary N) is 1. The molecule has 3 atom stereocenters. The summed E-state index contributed by atoms with van der Waals surface area (Å²) in [6, 6.07) is 3.93. The highest BCUT2D eigenvalue weighted by Gasteiger charge is 2.49. The number of hydrogen-bond acceptors (Lipinski definition) is 2. The smallest absolute Gasteiger partial charge is 0.226 e. The third kappa shape index (κ3) is 3.36. The molecular weight excluding hydrogens is 322 g/mol. The SMILES string of the molecule is CC1(C)CN(C(=O)C2CC2c2c(F)cccc2F)CCC1N.Cl. The van der Waals surface area contributed by atoms with Gasteiger partial charge in [0, 0.05) is 36.5 Å². The van der Waals surface area contributed by atoms with Crippen LogP contribution in [0.2, 0.25) is 0 Å². The van der Waals surface area contributed by atoms with Gasteiger partial charge in [-0.3, -0.25) is 4.79 Å². The van der Waals surface area contributed by atoms with E-state index in [0.717, 1.165) is 6.42 Å². The number of hydrogen-bond donors (Lipinski definition) is 1. The molecular formula is C17H23ClF2N2O.